The molecule has 6 heteroatoms. The summed E-state index contributed by atoms with van der Waals surface area (Å²) in [6, 6.07) is 7.78. The molecule has 1 N–H and O–H groups in total. The number of alkyl halides is 3. The highest BCUT2D eigenvalue weighted by Gasteiger charge is 2.30. The Kier molecular flexibility index (Phi) is 5.13. The van der Waals surface area contributed by atoms with Crippen LogP contribution in [-0.2, 0) is 6.18 Å². The van der Waals surface area contributed by atoms with E-state index in [2.05, 4.69) is 5.32 Å². The van der Waals surface area contributed by atoms with E-state index in [-0.39, 0.29) is 29.0 Å². The van der Waals surface area contributed by atoms with Crippen LogP contribution in [-0.4, -0.2) is 11.9 Å². The van der Waals surface area contributed by atoms with Crippen LogP contribution >= 0.6 is 0 Å². The zero-order valence-electron chi connectivity index (χ0n) is 12.9. The first kappa shape index (κ1) is 17.1. The second kappa shape index (κ2) is 6.89. The van der Waals surface area contributed by atoms with Crippen molar-refractivity contribution >= 4 is 5.91 Å². The second-order valence-corrected chi connectivity index (χ2v) is 5.41. The molecule has 23 heavy (non-hydrogen) atoms. The summed E-state index contributed by atoms with van der Waals surface area (Å²) >= 11 is 0. The average molecular weight is 325 g/mol. The third kappa shape index (κ3) is 4.37. The molecular weight excluding hydrogens is 307 g/mol. The summed E-state index contributed by atoms with van der Waals surface area (Å²) in [6.07, 6.45) is -2.64. The Morgan fingerprint density at radius 1 is 1.26 bits per heavy atom. The summed E-state index contributed by atoms with van der Waals surface area (Å²) < 4.78 is 43.6. The van der Waals surface area contributed by atoms with Gasteiger partial charge >= 0.3 is 6.18 Å². The first-order valence-electron chi connectivity index (χ1n) is 7.39. The molecule has 1 atom stereocenters. The van der Waals surface area contributed by atoms with E-state index < -0.39 is 11.7 Å². The fourth-order valence-corrected chi connectivity index (χ4v) is 2.26. The van der Waals surface area contributed by atoms with E-state index in [4.69, 9.17) is 4.42 Å². The molecule has 0 spiro atoms. The quantitative estimate of drug-likeness (QED) is 0.851. The summed E-state index contributed by atoms with van der Waals surface area (Å²) in [4.78, 5) is 12.0. The molecule has 0 radical (unpaired) electrons. The minimum Gasteiger partial charge on any atom is -0.451 e. The number of hydrogen-bond donors (Lipinski definition) is 1. The fourth-order valence-electron chi connectivity index (χ4n) is 2.26. The van der Waals surface area contributed by atoms with Gasteiger partial charge in [0.05, 0.1) is 5.56 Å². The normalized spacial score (nSPS) is 12.9. The van der Waals surface area contributed by atoms with Gasteiger partial charge in [-0.05, 0) is 37.6 Å². The molecule has 0 aliphatic rings. The molecule has 0 saturated carbocycles. The molecule has 2 rings (SSSR count). The number of hydrogen-bond acceptors (Lipinski definition) is 2. The number of carbonyl (C=O) groups is 1. The average Bonchev–Trinajstić information content (AvgIpc) is 2.96. The maximum absolute atomic E-state index is 12.7. The molecule has 0 unspecified atom stereocenters. The van der Waals surface area contributed by atoms with Crippen LogP contribution in [0.15, 0.2) is 40.8 Å². The van der Waals surface area contributed by atoms with Crippen molar-refractivity contribution in [2.24, 2.45) is 0 Å². The molecule has 0 fully saturated rings. The van der Waals surface area contributed by atoms with Crippen LogP contribution in [0.1, 0.15) is 42.8 Å². The van der Waals surface area contributed by atoms with Crippen molar-refractivity contribution in [2.45, 2.75) is 38.9 Å². The standard InChI is InChI=1S/C17H18F3NO2/c1-3-5-11(2)21-16(22)15-9-8-14(23-15)12-6-4-7-13(10-12)17(18,19)20/h4,6-11H,3,5H2,1-2H3,(H,21,22)/t11-/m1/s1. The van der Waals surface area contributed by atoms with Crippen molar-refractivity contribution in [2.75, 3.05) is 0 Å². The number of carbonyl (C=O) groups excluding carboxylic acids is 1. The summed E-state index contributed by atoms with van der Waals surface area (Å²) in [7, 11) is 0. The third-order valence-corrected chi connectivity index (χ3v) is 3.40. The first-order chi connectivity index (χ1) is 10.8. The lowest BCUT2D eigenvalue weighted by Gasteiger charge is -2.11. The van der Waals surface area contributed by atoms with Gasteiger partial charge in [0.15, 0.2) is 5.76 Å². The zero-order chi connectivity index (χ0) is 17.0. The minimum absolute atomic E-state index is 0.00890. The highest BCUT2D eigenvalue weighted by atomic mass is 19.4. The van der Waals surface area contributed by atoms with Gasteiger partial charge < -0.3 is 9.73 Å². The molecule has 1 aromatic carbocycles. The van der Waals surface area contributed by atoms with E-state index in [0.717, 1.165) is 25.0 Å². The molecule has 2 aromatic rings. The topological polar surface area (TPSA) is 42.2 Å². The van der Waals surface area contributed by atoms with Crippen molar-refractivity contribution in [1.82, 2.24) is 5.32 Å². The van der Waals surface area contributed by atoms with Crippen molar-refractivity contribution in [3.8, 4) is 11.3 Å². The largest absolute Gasteiger partial charge is 0.451 e. The Morgan fingerprint density at radius 3 is 2.65 bits per heavy atom. The summed E-state index contributed by atoms with van der Waals surface area (Å²) in [5.41, 5.74) is -0.477. The van der Waals surface area contributed by atoms with E-state index >= 15 is 0 Å². The van der Waals surface area contributed by atoms with Crippen LogP contribution in [0.25, 0.3) is 11.3 Å². The number of rotatable bonds is 5. The first-order valence-corrected chi connectivity index (χ1v) is 7.39. The Hall–Kier alpha value is -2.24. The lowest BCUT2D eigenvalue weighted by atomic mass is 10.1. The lowest BCUT2D eigenvalue weighted by Crippen LogP contribution is -2.32. The third-order valence-electron chi connectivity index (χ3n) is 3.40. The maximum atomic E-state index is 12.7. The van der Waals surface area contributed by atoms with Gasteiger partial charge in [0.1, 0.15) is 5.76 Å². The molecule has 1 aromatic heterocycles. The molecule has 0 saturated heterocycles. The van der Waals surface area contributed by atoms with Crippen molar-refractivity contribution in [3.05, 3.63) is 47.7 Å². The van der Waals surface area contributed by atoms with E-state index in [9.17, 15) is 18.0 Å². The number of nitrogens with one attached hydrogen (secondary N) is 1. The predicted octanol–water partition coefficient (Wildman–Crippen LogP) is 4.88. The molecule has 0 bridgehead atoms. The number of amides is 1. The molecule has 0 aliphatic heterocycles. The Labute approximate surface area is 132 Å². The van der Waals surface area contributed by atoms with Crippen LogP contribution < -0.4 is 5.32 Å². The van der Waals surface area contributed by atoms with Crippen LogP contribution in [0.5, 0.6) is 0 Å². The summed E-state index contributed by atoms with van der Waals surface area (Å²) in [6.45, 7) is 3.90. The van der Waals surface area contributed by atoms with E-state index in [0.29, 0.717) is 0 Å². The molecule has 3 nitrogen and oxygen atoms in total. The second-order valence-electron chi connectivity index (χ2n) is 5.41. The number of halogens is 3. The number of furan rings is 1. The molecule has 124 valence electrons. The van der Waals surface area contributed by atoms with Gasteiger partial charge in [-0.3, -0.25) is 4.79 Å². The predicted molar refractivity (Wildman–Crippen MR) is 81.0 cm³/mol. The van der Waals surface area contributed by atoms with Gasteiger partial charge in [-0.1, -0.05) is 25.5 Å². The Morgan fingerprint density at radius 2 is 2.00 bits per heavy atom. The lowest BCUT2D eigenvalue weighted by molar-refractivity contribution is -0.137. The molecule has 0 aliphatic carbocycles. The smallest absolute Gasteiger partial charge is 0.416 e. The van der Waals surface area contributed by atoms with Crippen LogP contribution in [0.3, 0.4) is 0 Å². The Balaban J connectivity index is 2.18. The van der Waals surface area contributed by atoms with Crippen LogP contribution in [0.2, 0.25) is 0 Å². The maximum Gasteiger partial charge on any atom is 0.416 e. The van der Waals surface area contributed by atoms with Crippen LogP contribution in [0, 0.1) is 0 Å². The molecular formula is C17H18F3NO2. The van der Waals surface area contributed by atoms with E-state index in [1.807, 2.05) is 13.8 Å². The van der Waals surface area contributed by atoms with E-state index in [1.54, 1.807) is 0 Å². The van der Waals surface area contributed by atoms with Gasteiger partial charge in [0, 0.05) is 11.6 Å². The van der Waals surface area contributed by atoms with Gasteiger partial charge in [-0.15, -0.1) is 0 Å². The van der Waals surface area contributed by atoms with Gasteiger partial charge in [-0.2, -0.15) is 13.2 Å². The molecule has 1 amide bonds. The fraction of sp³-hybridized carbons (Fsp3) is 0.353. The monoisotopic (exact) mass is 325 g/mol. The van der Waals surface area contributed by atoms with E-state index in [1.165, 1.54) is 24.3 Å². The number of benzene rings is 1. The Bertz CT molecular complexity index is 676. The highest BCUT2D eigenvalue weighted by Crippen LogP contribution is 2.32. The van der Waals surface area contributed by atoms with Crippen molar-refractivity contribution in [1.29, 1.82) is 0 Å². The van der Waals surface area contributed by atoms with Crippen LogP contribution in [0.4, 0.5) is 13.2 Å². The van der Waals surface area contributed by atoms with Gasteiger partial charge in [0.2, 0.25) is 0 Å². The SMILES string of the molecule is CCC[C@@H](C)NC(=O)c1ccc(-c2cccc(C(F)(F)F)c2)o1. The zero-order valence-corrected chi connectivity index (χ0v) is 12.9. The van der Waals surface area contributed by atoms with Crippen molar-refractivity contribution in [3.63, 3.8) is 0 Å². The summed E-state index contributed by atoms with van der Waals surface area (Å²) in [5.74, 6) is -0.0612. The van der Waals surface area contributed by atoms with Gasteiger partial charge in [0.25, 0.3) is 5.91 Å². The highest BCUT2D eigenvalue weighted by molar-refractivity contribution is 5.92. The molecule has 1 heterocycles. The van der Waals surface area contributed by atoms with Gasteiger partial charge in [-0.25, -0.2) is 0 Å². The van der Waals surface area contributed by atoms with Crippen molar-refractivity contribution < 1.29 is 22.4 Å². The minimum atomic E-state index is -4.42. The summed E-state index contributed by atoms with van der Waals surface area (Å²) in [5, 5.41) is 2.78.